The van der Waals surface area contributed by atoms with Crippen LogP contribution in [-0.2, 0) is 12.8 Å². The number of Topliss-reactive ketones (excluding diaryl/α,β-unsaturated/α-hetero) is 1. The molecule has 0 radical (unpaired) electrons. The summed E-state index contributed by atoms with van der Waals surface area (Å²) in [6.45, 7) is 8.78. The van der Waals surface area contributed by atoms with Crippen LogP contribution in [-0.4, -0.2) is 15.9 Å². The minimum atomic E-state index is 0.0207. The Bertz CT molecular complexity index is 1150. The minimum Gasteiger partial charge on any atom is -0.508 e. The molecule has 0 spiro atoms. The van der Waals surface area contributed by atoms with E-state index in [0.717, 1.165) is 35.3 Å². The van der Waals surface area contributed by atoms with E-state index in [1.807, 2.05) is 13.0 Å². The molecule has 2 aromatic carbocycles. The summed E-state index contributed by atoms with van der Waals surface area (Å²) in [6.07, 6.45) is 4.15. The van der Waals surface area contributed by atoms with Gasteiger partial charge in [-0.2, -0.15) is 0 Å². The molecule has 0 saturated carbocycles. The molecule has 2 heterocycles. The molecule has 32 heavy (non-hydrogen) atoms. The molecule has 5 nitrogen and oxygen atoms in total. The number of hydrogen-bond acceptors (Lipinski definition) is 5. The van der Waals surface area contributed by atoms with E-state index >= 15 is 0 Å². The van der Waals surface area contributed by atoms with Crippen LogP contribution in [0.2, 0.25) is 0 Å². The highest BCUT2D eigenvalue weighted by Gasteiger charge is 2.24. The molecule has 1 aliphatic heterocycles. The molecule has 1 unspecified atom stereocenters. The lowest BCUT2D eigenvalue weighted by molar-refractivity contribution is 0.0995. The van der Waals surface area contributed by atoms with E-state index in [0.29, 0.717) is 35.3 Å². The Kier molecular flexibility index (Phi) is 6.17. The van der Waals surface area contributed by atoms with Crippen molar-refractivity contribution in [3.05, 3.63) is 70.9 Å². The smallest absolute Gasteiger partial charge is 0.173 e. The van der Waals surface area contributed by atoms with Crippen LogP contribution in [0.1, 0.15) is 54.2 Å². The van der Waals surface area contributed by atoms with Crippen molar-refractivity contribution in [1.82, 2.24) is 4.98 Å². The summed E-state index contributed by atoms with van der Waals surface area (Å²) in [5.41, 5.74) is 6.15. The number of hydrogen-bond donors (Lipinski definition) is 3. The molecule has 0 amide bonds. The lowest BCUT2D eigenvalue weighted by Gasteiger charge is -2.16. The number of carbonyl (C=O) groups is 1. The minimum absolute atomic E-state index is 0.0207. The number of fused-ring (bicyclic) bond motifs is 2. The number of aryl methyl sites for hydroxylation is 2. The van der Waals surface area contributed by atoms with Gasteiger partial charge in [-0.25, -0.2) is 4.98 Å². The zero-order chi connectivity index (χ0) is 22.8. The molecular weight excluding hydrogens is 398 g/mol. The average Bonchev–Trinajstić information content (AvgIpc) is 2.90. The molecule has 3 N–H and O–H groups in total. The maximum absolute atomic E-state index is 13.3. The lowest BCUT2D eigenvalue weighted by atomic mass is 9.91. The van der Waals surface area contributed by atoms with Crippen molar-refractivity contribution < 1.29 is 9.90 Å². The quantitative estimate of drug-likeness (QED) is 0.414. The molecule has 1 aromatic heterocycles. The summed E-state index contributed by atoms with van der Waals surface area (Å²) < 4.78 is 0. The Balaban J connectivity index is 1.61. The highest BCUT2D eigenvalue weighted by molar-refractivity contribution is 6.09. The number of phenolic OH excluding ortho intramolecular Hbond substituents is 1. The van der Waals surface area contributed by atoms with Crippen LogP contribution in [0.25, 0.3) is 0 Å². The second kappa shape index (κ2) is 9.03. The van der Waals surface area contributed by atoms with Crippen molar-refractivity contribution in [1.29, 1.82) is 0 Å². The molecule has 0 saturated heterocycles. The SMILES string of the molecule is Cc1ccc(O)cc1Nc1ccnc2c1C(=O)Cc1cc(CCC(C)C(C)C)ccc1N2. The second-order valence-corrected chi connectivity index (χ2v) is 9.18. The molecule has 1 atom stereocenters. The van der Waals surface area contributed by atoms with Crippen LogP contribution in [0.3, 0.4) is 0 Å². The van der Waals surface area contributed by atoms with E-state index in [9.17, 15) is 9.90 Å². The van der Waals surface area contributed by atoms with E-state index in [4.69, 9.17) is 0 Å². The molecule has 0 aliphatic carbocycles. The zero-order valence-corrected chi connectivity index (χ0v) is 19.2. The Morgan fingerprint density at radius 3 is 2.69 bits per heavy atom. The summed E-state index contributed by atoms with van der Waals surface area (Å²) in [4.78, 5) is 17.8. The first-order valence-corrected chi connectivity index (χ1v) is 11.3. The van der Waals surface area contributed by atoms with E-state index in [2.05, 4.69) is 54.6 Å². The number of rotatable bonds is 6. The number of benzene rings is 2. The van der Waals surface area contributed by atoms with Crippen molar-refractivity contribution in [2.75, 3.05) is 10.6 Å². The number of pyridine rings is 1. The number of aromatic hydroxyl groups is 1. The highest BCUT2D eigenvalue weighted by Crippen LogP contribution is 2.35. The van der Waals surface area contributed by atoms with Gasteiger partial charge in [0.15, 0.2) is 5.78 Å². The third kappa shape index (κ3) is 4.62. The number of phenols is 1. The molecule has 0 fully saturated rings. The van der Waals surface area contributed by atoms with Crippen LogP contribution in [0, 0.1) is 18.8 Å². The van der Waals surface area contributed by atoms with E-state index in [-0.39, 0.29) is 11.5 Å². The van der Waals surface area contributed by atoms with Crippen molar-refractivity contribution in [2.45, 2.75) is 47.0 Å². The van der Waals surface area contributed by atoms with Crippen LogP contribution >= 0.6 is 0 Å². The van der Waals surface area contributed by atoms with Gasteiger partial charge in [0.1, 0.15) is 11.6 Å². The van der Waals surface area contributed by atoms with E-state index < -0.39 is 0 Å². The highest BCUT2D eigenvalue weighted by atomic mass is 16.3. The van der Waals surface area contributed by atoms with E-state index in [1.54, 1.807) is 24.4 Å². The Labute approximate surface area is 189 Å². The van der Waals surface area contributed by atoms with Gasteiger partial charge in [-0.3, -0.25) is 4.79 Å². The molecule has 4 rings (SSSR count). The second-order valence-electron chi connectivity index (χ2n) is 9.18. The Hall–Kier alpha value is -3.34. The standard InChI is InChI=1S/C27H31N3O2/c1-16(2)17(3)5-7-19-8-10-22-20(13-19)14-25(32)26-23(11-12-28-27(26)30-22)29-24-15-21(31)9-6-18(24)4/h6,8-13,15-17,31H,5,7,14H2,1-4H3,(H2,28,29,30). The van der Waals surface area contributed by atoms with Gasteiger partial charge in [0, 0.05) is 30.1 Å². The summed E-state index contributed by atoms with van der Waals surface area (Å²) in [5.74, 6) is 2.08. The lowest BCUT2D eigenvalue weighted by Crippen LogP contribution is -2.08. The van der Waals surface area contributed by atoms with Crippen LogP contribution in [0.15, 0.2) is 48.7 Å². The van der Waals surface area contributed by atoms with Crippen LogP contribution < -0.4 is 10.6 Å². The summed E-state index contributed by atoms with van der Waals surface area (Å²) in [7, 11) is 0. The molecule has 166 valence electrons. The van der Waals surface area contributed by atoms with Gasteiger partial charge >= 0.3 is 0 Å². The number of nitrogens with one attached hydrogen (secondary N) is 2. The third-order valence-electron chi connectivity index (χ3n) is 6.52. The van der Waals surface area contributed by atoms with Crippen molar-refractivity contribution in [3.8, 4) is 5.75 Å². The monoisotopic (exact) mass is 429 g/mol. The number of ketones is 1. The summed E-state index contributed by atoms with van der Waals surface area (Å²) in [5, 5.41) is 16.6. The van der Waals surface area contributed by atoms with Gasteiger partial charge in [0.2, 0.25) is 0 Å². The number of nitrogens with zero attached hydrogens (tertiary/aromatic N) is 1. The fourth-order valence-electron chi connectivity index (χ4n) is 4.02. The summed E-state index contributed by atoms with van der Waals surface area (Å²) >= 11 is 0. The van der Waals surface area contributed by atoms with Crippen molar-refractivity contribution >= 4 is 28.7 Å². The maximum atomic E-state index is 13.3. The molecule has 5 heteroatoms. The molecule has 0 bridgehead atoms. The predicted molar refractivity (Wildman–Crippen MR) is 130 cm³/mol. The first kappa shape index (κ1) is 21.9. The topological polar surface area (TPSA) is 74.2 Å². The van der Waals surface area contributed by atoms with Gasteiger partial charge in [0.05, 0.1) is 11.3 Å². The van der Waals surface area contributed by atoms with Gasteiger partial charge in [-0.15, -0.1) is 0 Å². The van der Waals surface area contributed by atoms with Crippen LogP contribution in [0.5, 0.6) is 5.75 Å². The Morgan fingerprint density at radius 2 is 1.91 bits per heavy atom. The third-order valence-corrected chi connectivity index (χ3v) is 6.52. The Morgan fingerprint density at radius 1 is 1.09 bits per heavy atom. The first-order valence-electron chi connectivity index (χ1n) is 11.3. The maximum Gasteiger partial charge on any atom is 0.173 e. The first-order chi connectivity index (χ1) is 15.3. The fourth-order valence-corrected chi connectivity index (χ4v) is 4.02. The predicted octanol–water partition coefficient (Wildman–Crippen LogP) is 6.55. The van der Waals surface area contributed by atoms with Crippen molar-refractivity contribution in [2.24, 2.45) is 11.8 Å². The van der Waals surface area contributed by atoms with Crippen LogP contribution in [0.4, 0.5) is 22.9 Å². The molecular formula is C27H31N3O2. The number of aromatic nitrogens is 1. The van der Waals surface area contributed by atoms with Gasteiger partial charge < -0.3 is 15.7 Å². The van der Waals surface area contributed by atoms with Gasteiger partial charge in [-0.1, -0.05) is 39.0 Å². The number of anilines is 4. The molecule has 1 aliphatic rings. The van der Waals surface area contributed by atoms with Crippen molar-refractivity contribution in [3.63, 3.8) is 0 Å². The largest absolute Gasteiger partial charge is 0.508 e. The average molecular weight is 430 g/mol. The van der Waals surface area contributed by atoms with E-state index in [1.165, 1.54) is 5.56 Å². The molecule has 3 aromatic rings. The fraction of sp³-hybridized carbons (Fsp3) is 0.333. The normalized spacial score (nSPS) is 13.7. The number of carbonyl (C=O) groups excluding carboxylic acids is 1. The zero-order valence-electron chi connectivity index (χ0n) is 19.2. The summed E-state index contributed by atoms with van der Waals surface area (Å²) in [6, 6.07) is 13.3. The van der Waals surface area contributed by atoms with Gasteiger partial charge in [-0.05, 0) is 66.5 Å². The van der Waals surface area contributed by atoms with Gasteiger partial charge in [0.25, 0.3) is 0 Å².